The molecule has 2 aromatic heterocycles. The van der Waals surface area contributed by atoms with Crippen LogP contribution in [0.2, 0.25) is 0 Å². The van der Waals surface area contributed by atoms with Gasteiger partial charge >= 0.3 is 0 Å². The SMILES string of the molecule is Cc1ccc(C2=NN(C(=O)CSc3ccnc(C)c3)C(c3ccco3)C2)cc1. The van der Waals surface area contributed by atoms with E-state index in [0.29, 0.717) is 12.2 Å². The number of carbonyl (C=O) groups excluding carboxylic acids is 1. The average molecular weight is 391 g/mol. The Morgan fingerprint density at radius 3 is 2.75 bits per heavy atom. The number of aromatic nitrogens is 1. The summed E-state index contributed by atoms with van der Waals surface area (Å²) in [5.41, 5.74) is 4.07. The van der Waals surface area contributed by atoms with Gasteiger partial charge in [-0.05, 0) is 43.7 Å². The van der Waals surface area contributed by atoms with E-state index in [1.807, 2.05) is 31.2 Å². The van der Waals surface area contributed by atoms with Crippen LogP contribution in [0.15, 0.2) is 75.4 Å². The van der Waals surface area contributed by atoms with Crippen LogP contribution in [-0.4, -0.2) is 27.4 Å². The van der Waals surface area contributed by atoms with Gasteiger partial charge < -0.3 is 4.42 Å². The molecule has 1 atom stereocenters. The maximum absolute atomic E-state index is 13.0. The molecular formula is C22H21N3O2S. The van der Waals surface area contributed by atoms with Gasteiger partial charge in [-0.15, -0.1) is 11.8 Å². The fourth-order valence-corrected chi connectivity index (χ4v) is 4.02. The number of thioether (sulfide) groups is 1. The lowest BCUT2D eigenvalue weighted by molar-refractivity contribution is -0.130. The van der Waals surface area contributed by atoms with E-state index >= 15 is 0 Å². The summed E-state index contributed by atoms with van der Waals surface area (Å²) >= 11 is 1.50. The fourth-order valence-electron chi connectivity index (χ4n) is 3.18. The fraction of sp³-hybridized carbons (Fsp3) is 0.227. The number of benzene rings is 1. The number of furan rings is 1. The number of nitrogens with zero attached hydrogens (tertiary/aromatic N) is 3. The van der Waals surface area contributed by atoms with Gasteiger partial charge in [-0.1, -0.05) is 29.8 Å². The van der Waals surface area contributed by atoms with Crippen molar-refractivity contribution in [3.63, 3.8) is 0 Å². The average Bonchev–Trinajstić information content (AvgIpc) is 3.36. The number of carbonyl (C=O) groups is 1. The molecule has 4 rings (SSSR count). The molecule has 0 spiro atoms. The zero-order chi connectivity index (χ0) is 19.5. The highest BCUT2D eigenvalue weighted by Gasteiger charge is 2.34. The molecule has 0 N–H and O–H groups in total. The quantitative estimate of drug-likeness (QED) is 0.588. The van der Waals surface area contributed by atoms with Crippen LogP contribution in [0.1, 0.15) is 35.0 Å². The molecular weight excluding hydrogens is 370 g/mol. The van der Waals surface area contributed by atoms with Gasteiger partial charge in [0.05, 0.1) is 17.7 Å². The van der Waals surface area contributed by atoms with E-state index in [-0.39, 0.29) is 11.9 Å². The molecule has 1 amide bonds. The molecule has 6 heteroatoms. The van der Waals surface area contributed by atoms with Crippen LogP contribution >= 0.6 is 11.8 Å². The van der Waals surface area contributed by atoms with Crippen LogP contribution in [0.4, 0.5) is 0 Å². The normalized spacial score (nSPS) is 16.3. The summed E-state index contributed by atoms with van der Waals surface area (Å²) in [6.45, 7) is 4.00. The third kappa shape index (κ3) is 4.02. The van der Waals surface area contributed by atoms with Gasteiger partial charge in [0, 0.05) is 23.2 Å². The number of hydrazone groups is 1. The van der Waals surface area contributed by atoms with Gasteiger partial charge in [0.25, 0.3) is 5.91 Å². The number of rotatable bonds is 5. The Labute approximate surface area is 168 Å². The second kappa shape index (κ2) is 8.02. The summed E-state index contributed by atoms with van der Waals surface area (Å²) in [5.74, 6) is 1.03. The molecule has 0 saturated carbocycles. The minimum absolute atomic E-state index is 0.0389. The van der Waals surface area contributed by atoms with Crippen molar-refractivity contribution in [3.8, 4) is 0 Å². The number of hydrogen-bond donors (Lipinski definition) is 0. The Balaban J connectivity index is 1.55. The Kier molecular flexibility index (Phi) is 5.30. The molecule has 1 aliphatic heterocycles. The molecule has 142 valence electrons. The molecule has 28 heavy (non-hydrogen) atoms. The first-order valence-electron chi connectivity index (χ1n) is 9.15. The summed E-state index contributed by atoms with van der Waals surface area (Å²) in [7, 11) is 0. The predicted octanol–water partition coefficient (Wildman–Crippen LogP) is 4.76. The van der Waals surface area contributed by atoms with Gasteiger partial charge in [-0.2, -0.15) is 5.10 Å². The van der Waals surface area contributed by atoms with Gasteiger partial charge in [0.15, 0.2) is 0 Å². The first-order valence-corrected chi connectivity index (χ1v) is 10.1. The van der Waals surface area contributed by atoms with E-state index in [1.54, 1.807) is 17.5 Å². The van der Waals surface area contributed by atoms with E-state index in [0.717, 1.165) is 27.6 Å². The number of amides is 1. The lowest BCUT2D eigenvalue weighted by Gasteiger charge is -2.19. The van der Waals surface area contributed by atoms with Gasteiger partial charge in [0.1, 0.15) is 11.8 Å². The van der Waals surface area contributed by atoms with Crippen LogP contribution in [0.25, 0.3) is 0 Å². The standard InChI is InChI=1S/C22H21N3O2S/c1-15-5-7-17(8-6-15)19-13-20(21-4-3-11-27-21)25(24-19)22(26)14-28-18-9-10-23-16(2)12-18/h3-12,20H,13-14H2,1-2H3. The van der Waals surface area contributed by atoms with Crippen molar-refractivity contribution in [1.29, 1.82) is 0 Å². The van der Waals surface area contributed by atoms with E-state index in [4.69, 9.17) is 4.42 Å². The topological polar surface area (TPSA) is 58.7 Å². The molecule has 0 aliphatic carbocycles. The minimum atomic E-state index is -0.210. The second-order valence-corrected chi connectivity index (χ2v) is 7.86. The highest BCUT2D eigenvalue weighted by Crippen LogP contribution is 2.34. The van der Waals surface area contributed by atoms with Crippen molar-refractivity contribution < 1.29 is 9.21 Å². The number of hydrogen-bond acceptors (Lipinski definition) is 5. The Bertz CT molecular complexity index is 997. The van der Waals surface area contributed by atoms with Crippen molar-refractivity contribution in [3.05, 3.63) is 83.6 Å². The molecule has 3 heterocycles. The molecule has 1 aliphatic rings. The number of aryl methyl sites for hydroxylation is 2. The Morgan fingerprint density at radius 2 is 2.04 bits per heavy atom. The van der Waals surface area contributed by atoms with Crippen molar-refractivity contribution in [1.82, 2.24) is 9.99 Å². The largest absolute Gasteiger partial charge is 0.467 e. The maximum atomic E-state index is 13.0. The molecule has 1 aromatic carbocycles. The van der Waals surface area contributed by atoms with Crippen LogP contribution in [0.3, 0.4) is 0 Å². The third-order valence-electron chi connectivity index (χ3n) is 4.65. The van der Waals surface area contributed by atoms with Crippen LogP contribution in [0, 0.1) is 13.8 Å². The first-order chi connectivity index (χ1) is 13.6. The van der Waals surface area contributed by atoms with Gasteiger partial charge in [-0.25, -0.2) is 5.01 Å². The molecule has 0 bridgehead atoms. The maximum Gasteiger partial charge on any atom is 0.253 e. The van der Waals surface area contributed by atoms with E-state index in [1.165, 1.54) is 17.3 Å². The third-order valence-corrected chi connectivity index (χ3v) is 5.63. The molecule has 0 saturated heterocycles. The van der Waals surface area contributed by atoms with Crippen LogP contribution in [0.5, 0.6) is 0 Å². The Hall–Kier alpha value is -2.86. The highest BCUT2D eigenvalue weighted by molar-refractivity contribution is 8.00. The van der Waals surface area contributed by atoms with Gasteiger partial charge in [0.2, 0.25) is 0 Å². The predicted molar refractivity (Wildman–Crippen MR) is 110 cm³/mol. The smallest absolute Gasteiger partial charge is 0.253 e. The van der Waals surface area contributed by atoms with Crippen molar-refractivity contribution in [2.24, 2.45) is 5.10 Å². The summed E-state index contributed by atoms with van der Waals surface area (Å²) in [6.07, 6.45) is 4.04. The van der Waals surface area contributed by atoms with Gasteiger partial charge in [-0.3, -0.25) is 9.78 Å². The summed E-state index contributed by atoms with van der Waals surface area (Å²) in [5, 5.41) is 6.25. The minimum Gasteiger partial charge on any atom is -0.467 e. The molecule has 1 unspecified atom stereocenters. The lowest BCUT2D eigenvalue weighted by atomic mass is 10.0. The zero-order valence-corrected chi connectivity index (χ0v) is 16.6. The van der Waals surface area contributed by atoms with E-state index in [9.17, 15) is 4.79 Å². The molecule has 0 radical (unpaired) electrons. The summed E-state index contributed by atoms with van der Waals surface area (Å²) in [6, 6.07) is 15.7. The molecule has 0 fully saturated rings. The zero-order valence-electron chi connectivity index (χ0n) is 15.8. The van der Waals surface area contributed by atoms with Crippen molar-refractivity contribution in [2.75, 3.05) is 5.75 Å². The van der Waals surface area contributed by atoms with Crippen LogP contribution in [-0.2, 0) is 4.79 Å². The summed E-state index contributed by atoms with van der Waals surface area (Å²) < 4.78 is 5.60. The van der Waals surface area contributed by atoms with Crippen molar-refractivity contribution >= 4 is 23.4 Å². The highest BCUT2D eigenvalue weighted by atomic mass is 32.2. The second-order valence-electron chi connectivity index (χ2n) is 6.81. The molecule has 3 aromatic rings. The summed E-state index contributed by atoms with van der Waals surface area (Å²) in [4.78, 5) is 18.2. The monoisotopic (exact) mass is 391 g/mol. The van der Waals surface area contributed by atoms with Crippen LogP contribution < -0.4 is 0 Å². The first kappa shape index (κ1) is 18.5. The Morgan fingerprint density at radius 1 is 1.21 bits per heavy atom. The van der Waals surface area contributed by atoms with Crippen molar-refractivity contribution in [2.45, 2.75) is 31.2 Å². The number of pyridine rings is 1. The lowest BCUT2D eigenvalue weighted by Crippen LogP contribution is -2.28. The van der Waals surface area contributed by atoms with E-state index in [2.05, 4.69) is 41.3 Å². The molecule has 5 nitrogen and oxygen atoms in total. The van der Waals surface area contributed by atoms with E-state index < -0.39 is 0 Å².